The summed E-state index contributed by atoms with van der Waals surface area (Å²) in [5, 5.41) is 3.57. The van der Waals surface area contributed by atoms with Crippen LogP contribution in [-0.4, -0.2) is 51.3 Å². The predicted molar refractivity (Wildman–Crippen MR) is 110 cm³/mol. The van der Waals surface area contributed by atoms with Gasteiger partial charge in [-0.2, -0.15) is 0 Å². The van der Waals surface area contributed by atoms with Crippen LogP contribution in [0.3, 0.4) is 0 Å². The highest BCUT2D eigenvalue weighted by Gasteiger charge is 2.20. The van der Waals surface area contributed by atoms with Gasteiger partial charge in [0.15, 0.2) is 0 Å². The summed E-state index contributed by atoms with van der Waals surface area (Å²) < 4.78 is 12.4. The maximum Gasteiger partial charge on any atom is 0.263 e. The van der Waals surface area contributed by atoms with Crippen LogP contribution in [-0.2, 0) is 0 Å². The Kier molecular flexibility index (Phi) is 9.53. The predicted octanol–water partition coefficient (Wildman–Crippen LogP) is 1.39. The van der Waals surface area contributed by atoms with Gasteiger partial charge in [0, 0.05) is 10.7 Å². The topological polar surface area (TPSA) is 47.6 Å². The number of halogens is 2. The number of anilines is 1. The lowest BCUT2D eigenvalue weighted by Gasteiger charge is -2.24. The number of carbonyl (C=O) groups is 1. The lowest BCUT2D eigenvalue weighted by Crippen LogP contribution is -3.00. The fraction of sp³-hybridized carbons (Fsp3) is 0.381. The number of amides is 1. The van der Waals surface area contributed by atoms with Crippen molar-refractivity contribution < 1.29 is 42.7 Å². The number of hydrogen-bond acceptors (Lipinski definition) is 3. The number of hydrogen-bond donors (Lipinski definition) is 1. The fourth-order valence-corrected chi connectivity index (χ4v) is 2.59. The standard InChI is InChI=1S/C21H27ClN2O3.HI/c1-6-26-18-8-7-9-19(27-13-12-24(3,4)5)20(18)21(25)23-16-10-11-17(22)15(2)14-16;/h7-11,14H,6,12-13H2,1-5H3;1H. The summed E-state index contributed by atoms with van der Waals surface area (Å²) >= 11 is 6.07. The molecule has 1 amide bonds. The molecule has 0 spiro atoms. The van der Waals surface area contributed by atoms with Crippen LogP contribution in [0, 0.1) is 6.92 Å². The van der Waals surface area contributed by atoms with Crippen molar-refractivity contribution in [2.24, 2.45) is 0 Å². The number of nitrogens with one attached hydrogen (secondary N) is 1. The molecule has 0 atom stereocenters. The molecule has 2 rings (SSSR count). The molecule has 0 heterocycles. The highest BCUT2D eigenvalue weighted by atomic mass is 127. The summed E-state index contributed by atoms with van der Waals surface area (Å²) in [6, 6.07) is 10.8. The smallest absolute Gasteiger partial charge is 0.263 e. The molecule has 0 saturated carbocycles. The third-order valence-electron chi connectivity index (χ3n) is 3.95. The highest BCUT2D eigenvalue weighted by Crippen LogP contribution is 2.30. The van der Waals surface area contributed by atoms with Gasteiger partial charge < -0.3 is 43.3 Å². The molecule has 0 aliphatic rings. The van der Waals surface area contributed by atoms with E-state index < -0.39 is 0 Å². The monoisotopic (exact) mass is 518 g/mol. The van der Waals surface area contributed by atoms with E-state index in [9.17, 15) is 4.79 Å². The second-order valence-electron chi connectivity index (χ2n) is 7.34. The molecule has 0 bridgehead atoms. The van der Waals surface area contributed by atoms with Gasteiger partial charge in [-0.1, -0.05) is 17.7 Å². The molecule has 0 fully saturated rings. The van der Waals surface area contributed by atoms with Crippen LogP contribution in [0.15, 0.2) is 36.4 Å². The van der Waals surface area contributed by atoms with E-state index in [-0.39, 0.29) is 29.9 Å². The zero-order valence-electron chi connectivity index (χ0n) is 17.0. The normalized spacial score (nSPS) is 10.8. The molecule has 2 aromatic rings. The van der Waals surface area contributed by atoms with E-state index in [1.165, 1.54) is 0 Å². The summed E-state index contributed by atoms with van der Waals surface area (Å²) in [6.07, 6.45) is 0. The Bertz CT molecular complexity index is 807. The van der Waals surface area contributed by atoms with Crippen molar-refractivity contribution >= 4 is 23.2 Å². The van der Waals surface area contributed by atoms with E-state index in [4.69, 9.17) is 21.1 Å². The number of aryl methyl sites for hydroxylation is 1. The van der Waals surface area contributed by atoms with Crippen molar-refractivity contribution in [2.75, 3.05) is 46.2 Å². The number of rotatable bonds is 8. The third kappa shape index (κ3) is 7.14. The maximum atomic E-state index is 13.0. The summed E-state index contributed by atoms with van der Waals surface area (Å²) in [5.41, 5.74) is 1.96. The first-order valence-corrected chi connectivity index (χ1v) is 9.35. The van der Waals surface area contributed by atoms with Gasteiger partial charge >= 0.3 is 0 Å². The van der Waals surface area contributed by atoms with Crippen molar-refractivity contribution in [2.45, 2.75) is 13.8 Å². The first-order chi connectivity index (χ1) is 12.7. The first-order valence-electron chi connectivity index (χ1n) is 8.98. The molecule has 154 valence electrons. The minimum Gasteiger partial charge on any atom is -1.00 e. The van der Waals surface area contributed by atoms with Crippen molar-refractivity contribution in [1.29, 1.82) is 0 Å². The molecule has 0 unspecified atom stereocenters. The largest absolute Gasteiger partial charge is 1.00 e. The van der Waals surface area contributed by atoms with Crippen molar-refractivity contribution in [3.05, 3.63) is 52.5 Å². The van der Waals surface area contributed by atoms with Crippen LogP contribution in [0.2, 0.25) is 5.02 Å². The molecular weight excluding hydrogens is 491 g/mol. The summed E-state index contributed by atoms with van der Waals surface area (Å²) in [4.78, 5) is 13.0. The second-order valence-corrected chi connectivity index (χ2v) is 7.75. The SMILES string of the molecule is CCOc1cccc(OCC[N+](C)(C)C)c1C(=O)Nc1ccc(Cl)c(C)c1.[I-]. The Morgan fingerprint density at radius 1 is 1.11 bits per heavy atom. The Hall–Kier alpha value is -1.51. The van der Waals surface area contributed by atoms with Crippen LogP contribution in [0.1, 0.15) is 22.8 Å². The first kappa shape index (κ1) is 24.5. The van der Waals surface area contributed by atoms with Crippen molar-refractivity contribution in [3.8, 4) is 11.5 Å². The zero-order valence-corrected chi connectivity index (χ0v) is 19.9. The Morgan fingerprint density at radius 3 is 2.32 bits per heavy atom. The van der Waals surface area contributed by atoms with Gasteiger partial charge in [0.25, 0.3) is 5.91 Å². The average Bonchev–Trinajstić information content (AvgIpc) is 2.57. The number of carbonyl (C=O) groups excluding carboxylic acids is 1. The lowest BCUT2D eigenvalue weighted by atomic mass is 10.1. The Morgan fingerprint density at radius 2 is 1.75 bits per heavy atom. The van der Waals surface area contributed by atoms with Crippen LogP contribution in [0.4, 0.5) is 5.69 Å². The number of benzene rings is 2. The van der Waals surface area contributed by atoms with E-state index >= 15 is 0 Å². The molecular formula is C21H28ClIN2O3. The molecule has 28 heavy (non-hydrogen) atoms. The number of likely N-dealkylation sites (N-methyl/N-ethyl adjacent to an activating group) is 1. The molecule has 7 heteroatoms. The number of nitrogens with zero attached hydrogens (tertiary/aromatic N) is 1. The highest BCUT2D eigenvalue weighted by molar-refractivity contribution is 6.31. The van der Waals surface area contributed by atoms with Gasteiger partial charge in [0.1, 0.15) is 30.2 Å². The van der Waals surface area contributed by atoms with Crippen LogP contribution < -0.4 is 38.8 Å². The molecule has 2 aromatic carbocycles. The lowest BCUT2D eigenvalue weighted by molar-refractivity contribution is -0.870. The van der Waals surface area contributed by atoms with Gasteiger partial charge in [-0.15, -0.1) is 0 Å². The summed E-state index contributed by atoms with van der Waals surface area (Å²) in [6.45, 7) is 5.55. The van der Waals surface area contributed by atoms with E-state index in [1.54, 1.807) is 24.3 Å². The summed E-state index contributed by atoms with van der Waals surface area (Å²) in [5.74, 6) is 0.738. The van der Waals surface area contributed by atoms with Crippen molar-refractivity contribution in [1.82, 2.24) is 0 Å². The molecule has 1 N–H and O–H groups in total. The Labute approximate surface area is 189 Å². The molecule has 0 aliphatic carbocycles. The fourth-order valence-electron chi connectivity index (χ4n) is 2.48. The third-order valence-corrected chi connectivity index (χ3v) is 4.37. The maximum absolute atomic E-state index is 13.0. The molecule has 0 saturated heterocycles. The van der Waals surface area contributed by atoms with E-state index in [0.29, 0.717) is 41.0 Å². The molecule has 0 aliphatic heterocycles. The van der Waals surface area contributed by atoms with Gasteiger partial charge in [-0.25, -0.2) is 0 Å². The van der Waals surface area contributed by atoms with Crippen molar-refractivity contribution in [3.63, 3.8) is 0 Å². The molecule has 0 aromatic heterocycles. The van der Waals surface area contributed by atoms with E-state index in [1.807, 2.05) is 26.0 Å². The number of quaternary nitrogens is 1. The minimum atomic E-state index is -0.277. The van der Waals surface area contributed by atoms with Gasteiger partial charge in [0.05, 0.1) is 27.7 Å². The summed E-state index contributed by atoms with van der Waals surface area (Å²) in [7, 11) is 6.28. The molecule has 5 nitrogen and oxygen atoms in total. The van der Waals surface area contributed by atoms with Gasteiger partial charge in [0.2, 0.25) is 0 Å². The van der Waals surface area contributed by atoms with Gasteiger partial charge in [-0.3, -0.25) is 4.79 Å². The quantitative estimate of drug-likeness (QED) is 0.425. The van der Waals surface area contributed by atoms with Crippen LogP contribution in [0.25, 0.3) is 0 Å². The molecule has 0 radical (unpaired) electrons. The van der Waals surface area contributed by atoms with Gasteiger partial charge in [-0.05, 0) is 49.7 Å². The van der Waals surface area contributed by atoms with E-state index in [2.05, 4.69) is 26.5 Å². The van der Waals surface area contributed by atoms with E-state index in [0.717, 1.165) is 16.6 Å². The average molecular weight is 519 g/mol. The Balaban J connectivity index is 0.00000392. The number of ether oxygens (including phenoxy) is 2. The van der Waals surface area contributed by atoms with Crippen LogP contribution in [0.5, 0.6) is 11.5 Å². The minimum absolute atomic E-state index is 0. The second kappa shape index (κ2) is 10.9. The van der Waals surface area contributed by atoms with Crippen LogP contribution >= 0.6 is 11.6 Å². The zero-order chi connectivity index (χ0) is 20.0.